The summed E-state index contributed by atoms with van der Waals surface area (Å²) in [5.74, 6) is 2.42. The normalized spacial score (nSPS) is 16.3. The number of anilines is 1. The number of hydrogen-bond acceptors (Lipinski definition) is 3. The van der Waals surface area contributed by atoms with Crippen LogP contribution in [0, 0.1) is 5.92 Å². The molecule has 2 aromatic rings. The van der Waals surface area contributed by atoms with Crippen molar-refractivity contribution in [2.75, 3.05) is 44.7 Å². The fourth-order valence-corrected chi connectivity index (χ4v) is 3.62. The van der Waals surface area contributed by atoms with Crippen LogP contribution in [-0.4, -0.2) is 45.8 Å². The molecule has 1 saturated heterocycles. The van der Waals surface area contributed by atoms with Gasteiger partial charge in [-0.15, -0.1) is 24.0 Å². The zero-order valence-electron chi connectivity index (χ0n) is 17.4. The minimum Gasteiger partial charge on any atom is -0.495 e. The second-order valence-corrected chi connectivity index (χ2v) is 7.15. The number of rotatable bonds is 8. The fourth-order valence-electron chi connectivity index (χ4n) is 3.62. The summed E-state index contributed by atoms with van der Waals surface area (Å²) in [5, 5.41) is 6.82. The van der Waals surface area contributed by atoms with Gasteiger partial charge < -0.3 is 20.3 Å². The van der Waals surface area contributed by atoms with Gasteiger partial charge in [0.05, 0.1) is 12.8 Å². The molecule has 0 amide bonds. The molecule has 29 heavy (non-hydrogen) atoms. The summed E-state index contributed by atoms with van der Waals surface area (Å²) < 4.78 is 5.51. The SMILES string of the molecule is CCNC(=NCC1CCN(c2ccccc2OC)C1)NCCc1ccccc1.I. The van der Waals surface area contributed by atoms with Gasteiger partial charge in [-0.2, -0.15) is 0 Å². The van der Waals surface area contributed by atoms with Crippen molar-refractivity contribution in [3.05, 3.63) is 60.2 Å². The Balaban J connectivity index is 0.00000300. The van der Waals surface area contributed by atoms with E-state index in [1.807, 2.05) is 12.1 Å². The molecule has 0 spiro atoms. The minimum absolute atomic E-state index is 0. The van der Waals surface area contributed by atoms with E-state index in [-0.39, 0.29) is 24.0 Å². The van der Waals surface area contributed by atoms with Gasteiger partial charge in [0.2, 0.25) is 0 Å². The van der Waals surface area contributed by atoms with Gasteiger partial charge in [0.25, 0.3) is 0 Å². The third-order valence-electron chi connectivity index (χ3n) is 5.11. The number of methoxy groups -OCH3 is 1. The first-order valence-corrected chi connectivity index (χ1v) is 10.2. The lowest BCUT2D eigenvalue weighted by molar-refractivity contribution is 0.414. The summed E-state index contributed by atoms with van der Waals surface area (Å²) in [7, 11) is 1.74. The van der Waals surface area contributed by atoms with E-state index in [9.17, 15) is 0 Å². The molecule has 0 radical (unpaired) electrons. The van der Waals surface area contributed by atoms with Gasteiger partial charge >= 0.3 is 0 Å². The first-order valence-electron chi connectivity index (χ1n) is 10.2. The van der Waals surface area contributed by atoms with Crippen molar-refractivity contribution in [3.63, 3.8) is 0 Å². The molecule has 2 aromatic carbocycles. The van der Waals surface area contributed by atoms with E-state index in [1.54, 1.807) is 7.11 Å². The highest BCUT2D eigenvalue weighted by Gasteiger charge is 2.24. The Morgan fingerprint density at radius 2 is 1.86 bits per heavy atom. The standard InChI is InChI=1S/C23H32N4O.HI/c1-3-24-23(25-15-13-19-9-5-4-6-10-19)26-17-20-14-16-27(18-20)21-11-7-8-12-22(21)28-2;/h4-12,20H,3,13-18H2,1-2H3,(H2,24,25,26);1H. The van der Waals surface area contributed by atoms with E-state index in [4.69, 9.17) is 9.73 Å². The lowest BCUT2D eigenvalue weighted by Gasteiger charge is -2.21. The third-order valence-corrected chi connectivity index (χ3v) is 5.11. The Morgan fingerprint density at radius 1 is 1.10 bits per heavy atom. The Kier molecular flexibility index (Phi) is 10.1. The molecule has 1 unspecified atom stereocenters. The average Bonchev–Trinajstić information content (AvgIpc) is 3.21. The molecule has 3 rings (SSSR count). The van der Waals surface area contributed by atoms with Gasteiger partial charge in [0, 0.05) is 32.7 Å². The van der Waals surface area contributed by atoms with Gasteiger partial charge in [-0.1, -0.05) is 42.5 Å². The molecule has 2 N–H and O–H groups in total. The van der Waals surface area contributed by atoms with Gasteiger partial charge in [0.1, 0.15) is 5.75 Å². The van der Waals surface area contributed by atoms with Crippen molar-refractivity contribution in [2.24, 2.45) is 10.9 Å². The number of guanidine groups is 1. The molecular weight excluding hydrogens is 475 g/mol. The number of aliphatic imine (C=N–C) groups is 1. The van der Waals surface area contributed by atoms with Crippen LogP contribution in [0.25, 0.3) is 0 Å². The molecule has 0 aliphatic carbocycles. The van der Waals surface area contributed by atoms with Crippen LogP contribution in [0.4, 0.5) is 5.69 Å². The molecular formula is C23H33IN4O. The predicted molar refractivity (Wildman–Crippen MR) is 133 cm³/mol. The highest BCUT2D eigenvalue weighted by atomic mass is 127. The molecule has 0 saturated carbocycles. The lowest BCUT2D eigenvalue weighted by Crippen LogP contribution is -2.38. The van der Waals surface area contributed by atoms with E-state index in [0.717, 1.165) is 57.3 Å². The van der Waals surface area contributed by atoms with Gasteiger partial charge in [-0.25, -0.2) is 0 Å². The summed E-state index contributed by atoms with van der Waals surface area (Å²) in [6, 6.07) is 18.8. The van der Waals surface area contributed by atoms with Crippen molar-refractivity contribution in [2.45, 2.75) is 19.8 Å². The summed E-state index contributed by atoms with van der Waals surface area (Å²) in [5.41, 5.74) is 2.53. The van der Waals surface area contributed by atoms with Crippen LogP contribution >= 0.6 is 24.0 Å². The fraction of sp³-hybridized carbons (Fsp3) is 0.435. The highest BCUT2D eigenvalue weighted by molar-refractivity contribution is 14.0. The number of halogens is 1. The molecule has 0 aromatic heterocycles. The number of nitrogens with one attached hydrogen (secondary N) is 2. The van der Waals surface area contributed by atoms with Crippen molar-refractivity contribution in [1.82, 2.24) is 10.6 Å². The molecule has 6 heteroatoms. The van der Waals surface area contributed by atoms with Crippen LogP contribution in [0.2, 0.25) is 0 Å². The Labute approximate surface area is 192 Å². The molecule has 1 aliphatic heterocycles. The van der Waals surface area contributed by atoms with Crippen LogP contribution in [0.15, 0.2) is 59.6 Å². The van der Waals surface area contributed by atoms with Crippen molar-refractivity contribution in [1.29, 1.82) is 0 Å². The molecule has 158 valence electrons. The van der Waals surface area contributed by atoms with Crippen LogP contribution in [0.5, 0.6) is 5.75 Å². The maximum absolute atomic E-state index is 5.51. The van der Waals surface area contributed by atoms with Gasteiger partial charge in [-0.3, -0.25) is 4.99 Å². The molecule has 0 bridgehead atoms. The second kappa shape index (κ2) is 12.6. The van der Waals surface area contributed by atoms with Crippen molar-refractivity contribution < 1.29 is 4.74 Å². The lowest BCUT2D eigenvalue weighted by atomic mass is 10.1. The topological polar surface area (TPSA) is 48.9 Å². The first kappa shape index (κ1) is 23.3. The monoisotopic (exact) mass is 508 g/mol. The quantitative estimate of drug-likeness (QED) is 0.322. The Bertz CT molecular complexity index is 754. The summed E-state index contributed by atoms with van der Waals surface area (Å²) in [6.45, 7) is 6.77. The van der Waals surface area contributed by atoms with E-state index in [2.05, 4.69) is 64.9 Å². The average molecular weight is 508 g/mol. The summed E-state index contributed by atoms with van der Waals surface area (Å²) in [4.78, 5) is 7.25. The molecule has 1 fully saturated rings. The maximum Gasteiger partial charge on any atom is 0.191 e. The van der Waals surface area contributed by atoms with E-state index in [1.165, 1.54) is 11.3 Å². The zero-order chi connectivity index (χ0) is 19.6. The number of benzene rings is 2. The van der Waals surface area contributed by atoms with Crippen molar-refractivity contribution in [3.8, 4) is 5.75 Å². The van der Waals surface area contributed by atoms with Crippen molar-refractivity contribution >= 4 is 35.6 Å². The molecule has 1 heterocycles. The van der Waals surface area contributed by atoms with Crippen LogP contribution in [-0.2, 0) is 6.42 Å². The number of ether oxygens (including phenoxy) is 1. The minimum atomic E-state index is 0. The molecule has 1 aliphatic rings. The van der Waals surface area contributed by atoms with Crippen LogP contribution in [0.1, 0.15) is 18.9 Å². The molecule has 1 atom stereocenters. The first-order chi connectivity index (χ1) is 13.8. The second-order valence-electron chi connectivity index (χ2n) is 7.15. The largest absolute Gasteiger partial charge is 0.495 e. The van der Waals surface area contributed by atoms with Crippen LogP contribution < -0.4 is 20.3 Å². The van der Waals surface area contributed by atoms with Gasteiger partial charge in [0.15, 0.2) is 5.96 Å². The number of para-hydroxylation sites is 2. The zero-order valence-corrected chi connectivity index (χ0v) is 19.8. The highest BCUT2D eigenvalue weighted by Crippen LogP contribution is 2.31. The van der Waals surface area contributed by atoms with Gasteiger partial charge in [-0.05, 0) is 43.4 Å². The Morgan fingerprint density at radius 3 is 2.62 bits per heavy atom. The van der Waals surface area contributed by atoms with E-state index >= 15 is 0 Å². The smallest absolute Gasteiger partial charge is 0.191 e. The maximum atomic E-state index is 5.51. The van der Waals surface area contributed by atoms with E-state index in [0.29, 0.717) is 5.92 Å². The number of nitrogens with zero attached hydrogens (tertiary/aromatic N) is 2. The number of hydrogen-bond donors (Lipinski definition) is 2. The van der Waals surface area contributed by atoms with E-state index < -0.39 is 0 Å². The van der Waals surface area contributed by atoms with Crippen LogP contribution in [0.3, 0.4) is 0 Å². The third kappa shape index (κ3) is 7.10. The Hall–Kier alpha value is -1.96. The summed E-state index contributed by atoms with van der Waals surface area (Å²) in [6.07, 6.45) is 2.15. The molecule has 5 nitrogen and oxygen atoms in total. The summed E-state index contributed by atoms with van der Waals surface area (Å²) >= 11 is 0. The predicted octanol–water partition coefficient (Wildman–Crippen LogP) is 3.94.